The minimum atomic E-state index is 0.227. The van der Waals surface area contributed by atoms with Gasteiger partial charge < -0.3 is 10.5 Å². The van der Waals surface area contributed by atoms with Crippen LogP contribution in [0.4, 0.5) is 0 Å². The Morgan fingerprint density at radius 2 is 1.94 bits per heavy atom. The molecule has 2 rings (SSSR count). The predicted octanol–water partition coefficient (Wildman–Crippen LogP) is 2.50. The van der Waals surface area contributed by atoms with E-state index in [0.717, 1.165) is 32.6 Å². The van der Waals surface area contributed by atoms with Gasteiger partial charge in [-0.15, -0.1) is 0 Å². The molecule has 2 N–H and O–H groups in total. The highest BCUT2D eigenvalue weighted by Gasteiger charge is 2.40. The summed E-state index contributed by atoms with van der Waals surface area (Å²) in [6.45, 7) is 6.87. The molecule has 94 valence electrons. The quantitative estimate of drug-likeness (QED) is 0.848. The molecule has 1 fully saturated rings. The van der Waals surface area contributed by atoms with Crippen molar-refractivity contribution >= 4 is 0 Å². The van der Waals surface area contributed by atoms with Crippen LogP contribution in [0.1, 0.15) is 31.4 Å². The van der Waals surface area contributed by atoms with Crippen LogP contribution in [-0.2, 0) is 16.6 Å². The Balaban J connectivity index is 2.16. The van der Waals surface area contributed by atoms with Gasteiger partial charge in [-0.2, -0.15) is 0 Å². The number of benzene rings is 1. The van der Waals surface area contributed by atoms with E-state index >= 15 is 0 Å². The van der Waals surface area contributed by atoms with Crippen molar-refractivity contribution in [2.75, 3.05) is 19.8 Å². The second kappa shape index (κ2) is 5.19. The van der Waals surface area contributed by atoms with Crippen molar-refractivity contribution in [3.8, 4) is 0 Å². The van der Waals surface area contributed by atoms with Crippen molar-refractivity contribution in [1.82, 2.24) is 0 Å². The highest BCUT2D eigenvalue weighted by Crippen LogP contribution is 2.38. The molecule has 0 spiro atoms. The van der Waals surface area contributed by atoms with Crippen molar-refractivity contribution in [2.24, 2.45) is 11.7 Å². The first-order valence-corrected chi connectivity index (χ1v) is 6.57. The van der Waals surface area contributed by atoms with E-state index in [1.54, 1.807) is 0 Å². The topological polar surface area (TPSA) is 35.2 Å². The third kappa shape index (κ3) is 2.53. The smallest absolute Gasteiger partial charge is 0.0585 e. The molecule has 0 aliphatic carbocycles. The predicted molar refractivity (Wildman–Crippen MR) is 71.2 cm³/mol. The Morgan fingerprint density at radius 1 is 1.29 bits per heavy atom. The standard InChI is InChI=1S/C15H23NO/c1-3-13-4-6-14(7-5-13)15(10-17-11-15)8-12(2)9-16/h4-7,12H,3,8-11,16H2,1-2H3. The Kier molecular flexibility index (Phi) is 3.85. The van der Waals surface area contributed by atoms with E-state index < -0.39 is 0 Å². The normalized spacial score (nSPS) is 19.7. The van der Waals surface area contributed by atoms with Gasteiger partial charge in [0.25, 0.3) is 0 Å². The Morgan fingerprint density at radius 3 is 2.35 bits per heavy atom. The monoisotopic (exact) mass is 233 g/mol. The lowest BCUT2D eigenvalue weighted by molar-refractivity contribution is -0.0702. The van der Waals surface area contributed by atoms with Gasteiger partial charge in [0.1, 0.15) is 0 Å². The van der Waals surface area contributed by atoms with E-state index in [1.165, 1.54) is 11.1 Å². The molecule has 1 aromatic carbocycles. The largest absolute Gasteiger partial charge is 0.379 e. The molecule has 1 aliphatic heterocycles. The van der Waals surface area contributed by atoms with Crippen LogP contribution < -0.4 is 5.73 Å². The molecule has 1 atom stereocenters. The maximum atomic E-state index is 5.74. The zero-order valence-electron chi connectivity index (χ0n) is 10.9. The van der Waals surface area contributed by atoms with Gasteiger partial charge in [0.05, 0.1) is 13.2 Å². The summed E-state index contributed by atoms with van der Waals surface area (Å²) in [5.41, 5.74) is 8.79. The molecule has 1 heterocycles. The van der Waals surface area contributed by atoms with Crippen molar-refractivity contribution in [1.29, 1.82) is 0 Å². The first-order chi connectivity index (χ1) is 8.20. The second-order valence-corrected chi connectivity index (χ2v) is 5.37. The van der Waals surface area contributed by atoms with Crippen LogP contribution in [0.5, 0.6) is 0 Å². The summed E-state index contributed by atoms with van der Waals surface area (Å²) >= 11 is 0. The van der Waals surface area contributed by atoms with Gasteiger partial charge >= 0.3 is 0 Å². The molecule has 17 heavy (non-hydrogen) atoms. The molecule has 0 bridgehead atoms. The Labute approximate surface area is 104 Å². The van der Waals surface area contributed by atoms with E-state index in [1.807, 2.05) is 0 Å². The van der Waals surface area contributed by atoms with Crippen LogP contribution in [0, 0.1) is 5.92 Å². The van der Waals surface area contributed by atoms with Crippen LogP contribution in [0.15, 0.2) is 24.3 Å². The Bertz CT molecular complexity index is 354. The third-order valence-electron chi connectivity index (χ3n) is 3.87. The number of hydrogen-bond acceptors (Lipinski definition) is 2. The van der Waals surface area contributed by atoms with E-state index in [2.05, 4.69) is 38.1 Å². The number of aryl methyl sites for hydroxylation is 1. The zero-order chi connectivity index (χ0) is 12.3. The maximum Gasteiger partial charge on any atom is 0.0585 e. The number of nitrogens with two attached hydrogens (primary N) is 1. The Hall–Kier alpha value is -0.860. The molecule has 1 aliphatic rings. The van der Waals surface area contributed by atoms with Crippen molar-refractivity contribution in [3.63, 3.8) is 0 Å². The molecule has 0 amide bonds. The van der Waals surface area contributed by atoms with Gasteiger partial charge in [0.15, 0.2) is 0 Å². The van der Waals surface area contributed by atoms with Gasteiger partial charge in [-0.25, -0.2) is 0 Å². The average Bonchev–Trinajstić information content (AvgIpc) is 2.33. The molecule has 0 radical (unpaired) electrons. The van der Waals surface area contributed by atoms with Crippen molar-refractivity contribution in [3.05, 3.63) is 35.4 Å². The van der Waals surface area contributed by atoms with Gasteiger partial charge in [-0.1, -0.05) is 38.1 Å². The summed E-state index contributed by atoms with van der Waals surface area (Å²) in [5.74, 6) is 0.560. The highest BCUT2D eigenvalue weighted by atomic mass is 16.5. The number of hydrogen-bond donors (Lipinski definition) is 1. The lowest BCUT2D eigenvalue weighted by Crippen LogP contribution is -2.48. The number of ether oxygens (including phenoxy) is 1. The van der Waals surface area contributed by atoms with Crippen LogP contribution >= 0.6 is 0 Å². The van der Waals surface area contributed by atoms with Crippen LogP contribution in [-0.4, -0.2) is 19.8 Å². The van der Waals surface area contributed by atoms with Crippen LogP contribution in [0.3, 0.4) is 0 Å². The van der Waals surface area contributed by atoms with Gasteiger partial charge in [-0.05, 0) is 36.4 Å². The molecule has 2 heteroatoms. The SMILES string of the molecule is CCc1ccc(C2(CC(C)CN)COC2)cc1. The molecule has 0 saturated carbocycles. The molecule has 1 aromatic rings. The molecular formula is C15H23NO. The van der Waals surface area contributed by atoms with Crippen molar-refractivity contribution in [2.45, 2.75) is 32.1 Å². The van der Waals surface area contributed by atoms with Gasteiger partial charge in [0, 0.05) is 5.41 Å². The molecule has 2 nitrogen and oxygen atoms in total. The number of rotatable bonds is 5. The minimum Gasteiger partial charge on any atom is -0.379 e. The van der Waals surface area contributed by atoms with Crippen LogP contribution in [0.2, 0.25) is 0 Å². The molecule has 1 unspecified atom stereocenters. The lowest BCUT2D eigenvalue weighted by Gasteiger charge is -2.43. The van der Waals surface area contributed by atoms with Gasteiger partial charge in [-0.3, -0.25) is 0 Å². The lowest BCUT2D eigenvalue weighted by atomic mass is 9.72. The first kappa shape index (κ1) is 12.6. The maximum absolute atomic E-state index is 5.74. The summed E-state index contributed by atoms with van der Waals surface area (Å²) in [4.78, 5) is 0. The summed E-state index contributed by atoms with van der Waals surface area (Å²) in [5, 5.41) is 0. The summed E-state index contributed by atoms with van der Waals surface area (Å²) < 4.78 is 5.45. The summed E-state index contributed by atoms with van der Waals surface area (Å²) in [7, 11) is 0. The average molecular weight is 233 g/mol. The van der Waals surface area contributed by atoms with Crippen LogP contribution in [0.25, 0.3) is 0 Å². The fourth-order valence-electron chi connectivity index (χ4n) is 2.60. The highest BCUT2D eigenvalue weighted by molar-refractivity contribution is 5.31. The van der Waals surface area contributed by atoms with E-state index in [0.29, 0.717) is 5.92 Å². The summed E-state index contributed by atoms with van der Waals surface area (Å²) in [6.07, 6.45) is 2.23. The third-order valence-corrected chi connectivity index (χ3v) is 3.87. The van der Waals surface area contributed by atoms with E-state index in [9.17, 15) is 0 Å². The van der Waals surface area contributed by atoms with E-state index in [-0.39, 0.29) is 5.41 Å². The fourth-order valence-corrected chi connectivity index (χ4v) is 2.60. The van der Waals surface area contributed by atoms with E-state index in [4.69, 9.17) is 10.5 Å². The molecule has 0 aromatic heterocycles. The summed E-state index contributed by atoms with van der Waals surface area (Å²) in [6, 6.07) is 9.01. The van der Waals surface area contributed by atoms with Gasteiger partial charge in [0.2, 0.25) is 0 Å². The second-order valence-electron chi connectivity index (χ2n) is 5.37. The minimum absolute atomic E-state index is 0.227. The molecular weight excluding hydrogens is 210 g/mol. The fraction of sp³-hybridized carbons (Fsp3) is 0.600. The molecule has 1 saturated heterocycles. The first-order valence-electron chi connectivity index (χ1n) is 6.57. The zero-order valence-corrected chi connectivity index (χ0v) is 10.9. The van der Waals surface area contributed by atoms with Crippen molar-refractivity contribution < 1.29 is 4.74 Å².